The molecular formula is C26H27ClN4O3. The van der Waals surface area contributed by atoms with Gasteiger partial charge in [0.1, 0.15) is 0 Å². The van der Waals surface area contributed by atoms with Gasteiger partial charge >= 0.3 is 6.09 Å². The van der Waals surface area contributed by atoms with Crippen molar-refractivity contribution >= 4 is 35.0 Å². The van der Waals surface area contributed by atoms with Gasteiger partial charge in [-0.25, -0.2) is 4.79 Å². The lowest BCUT2D eigenvalue weighted by atomic mass is 9.96. The number of rotatable bonds is 7. The van der Waals surface area contributed by atoms with E-state index in [4.69, 9.17) is 16.3 Å². The number of nitrogens with zero attached hydrogens (tertiary/aromatic N) is 2. The smallest absolute Gasteiger partial charge is 0.412 e. The second-order valence-corrected chi connectivity index (χ2v) is 8.65. The molecular weight excluding hydrogens is 452 g/mol. The molecule has 2 heterocycles. The first kappa shape index (κ1) is 23.6. The van der Waals surface area contributed by atoms with Crippen molar-refractivity contribution in [3.05, 3.63) is 89.7 Å². The second-order valence-electron chi connectivity index (χ2n) is 8.21. The molecule has 1 fully saturated rings. The van der Waals surface area contributed by atoms with Gasteiger partial charge in [0, 0.05) is 54.0 Å². The standard InChI is InChI=1S/C26H27ClN4O3/c27-21-6-8-22(9-7-21)30-26(33)34-24(20-4-2-1-3-5-20)25(32)29-18-19-12-16-31(17-13-19)23-10-14-28-15-11-23/h1-11,14-15,19,24H,12-13,16-18H2,(H,29,32)(H,30,33)/t24-/m1/s1. The maximum atomic E-state index is 13.1. The van der Waals surface area contributed by atoms with Crippen molar-refractivity contribution in [2.45, 2.75) is 18.9 Å². The number of benzene rings is 2. The van der Waals surface area contributed by atoms with Crippen LogP contribution < -0.4 is 15.5 Å². The maximum absolute atomic E-state index is 13.1. The molecule has 1 saturated heterocycles. The highest BCUT2D eigenvalue weighted by molar-refractivity contribution is 6.30. The van der Waals surface area contributed by atoms with Crippen molar-refractivity contribution in [3.63, 3.8) is 0 Å². The molecule has 1 aliphatic heterocycles. The van der Waals surface area contributed by atoms with Gasteiger partial charge in [-0.3, -0.25) is 15.1 Å². The van der Waals surface area contributed by atoms with Crippen LogP contribution in [0.25, 0.3) is 0 Å². The third kappa shape index (κ3) is 6.48. The van der Waals surface area contributed by atoms with E-state index in [2.05, 4.69) is 20.5 Å². The van der Waals surface area contributed by atoms with Crippen LogP contribution >= 0.6 is 11.6 Å². The summed E-state index contributed by atoms with van der Waals surface area (Å²) < 4.78 is 5.54. The SMILES string of the molecule is O=C(Nc1ccc(Cl)cc1)O[C@@H](C(=O)NCC1CCN(c2ccncc2)CC1)c1ccccc1. The summed E-state index contributed by atoms with van der Waals surface area (Å²) in [6, 6.07) is 19.7. The van der Waals surface area contributed by atoms with Gasteiger partial charge in [0.25, 0.3) is 5.91 Å². The molecule has 34 heavy (non-hydrogen) atoms. The number of pyridine rings is 1. The van der Waals surface area contributed by atoms with E-state index >= 15 is 0 Å². The average Bonchev–Trinajstić information content (AvgIpc) is 2.88. The van der Waals surface area contributed by atoms with E-state index in [0.717, 1.165) is 25.9 Å². The van der Waals surface area contributed by atoms with Gasteiger partial charge in [0.2, 0.25) is 6.10 Å². The van der Waals surface area contributed by atoms with Crippen LogP contribution in [0.1, 0.15) is 24.5 Å². The van der Waals surface area contributed by atoms with Gasteiger partial charge in [-0.1, -0.05) is 41.9 Å². The van der Waals surface area contributed by atoms with Crippen LogP contribution in [0, 0.1) is 5.92 Å². The van der Waals surface area contributed by atoms with Gasteiger partial charge in [0.05, 0.1) is 0 Å². The molecule has 7 nitrogen and oxygen atoms in total. The molecule has 176 valence electrons. The van der Waals surface area contributed by atoms with Gasteiger partial charge in [-0.05, 0) is 55.2 Å². The second kappa shape index (κ2) is 11.5. The van der Waals surface area contributed by atoms with Crippen LogP contribution in [0.15, 0.2) is 79.1 Å². The Balaban J connectivity index is 1.33. The number of amides is 2. The number of carbonyl (C=O) groups excluding carboxylic acids is 2. The molecule has 0 aliphatic carbocycles. The van der Waals surface area contributed by atoms with Crippen molar-refractivity contribution in [2.24, 2.45) is 5.92 Å². The van der Waals surface area contributed by atoms with Gasteiger partial charge in [-0.2, -0.15) is 0 Å². The Kier molecular flexibility index (Phi) is 7.99. The summed E-state index contributed by atoms with van der Waals surface area (Å²) in [5.41, 5.74) is 2.31. The first-order valence-corrected chi connectivity index (χ1v) is 11.7. The highest BCUT2D eigenvalue weighted by Gasteiger charge is 2.27. The van der Waals surface area contributed by atoms with Crippen LogP contribution in [0.2, 0.25) is 5.02 Å². The lowest BCUT2D eigenvalue weighted by molar-refractivity contribution is -0.129. The fourth-order valence-corrected chi connectivity index (χ4v) is 4.10. The number of carbonyl (C=O) groups is 2. The predicted molar refractivity (Wildman–Crippen MR) is 133 cm³/mol. The van der Waals surface area contributed by atoms with Crippen molar-refractivity contribution in [3.8, 4) is 0 Å². The van der Waals surface area contributed by atoms with E-state index in [-0.39, 0.29) is 5.91 Å². The Hall–Kier alpha value is -3.58. The van der Waals surface area contributed by atoms with Crippen molar-refractivity contribution in [1.29, 1.82) is 0 Å². The number of hydrogen-bond acceptors (Lipinski definition) is 5. The van der Waals surface area contributed by atoms with E-state index in [0.29, 0.717) is 28.7 Å². The quantitative estimate of drug-likeness (QED) is 0.496. The fraction of sp³-hybridized carbons (Fsp3) is 0.269. The molecule has 2 aromatic carbocycles. The van der Waals surface area contributed by atoms with Gasteiger partial charge in [-0.15, -0.1) is 0 Å². The molecule has 1 aromatic heterocycles. The summed E-state index contributed by atoms with van der Waals surface area (Å²) >= 11 is 5.89. The molecule has 0 unspecified atom stereocenters. The molecule has 8 heteroatoms. The normalized spacial score (nSPS) is 14.8. The summed E-state index contributed by atoms with van der Waals surface area (Å²) in [5, 5.41) is 6.19. The third-order valence-corrected chi connectivity index (χ3v) is 6.12. The number of aromatic nitrogens is 1. The topological polar surface area (TPSA) is 83.6 Å². The number of hydrogen-bond donors (Lipinski definition) is 2. The highest BCUT2D eigenvalue weighted by atomic mass is 35.5. The summed E-state index contributed by atoms with van der Waals surface area (Å²) in [6.07, 6.45) is 3.78. The minimum absolute atomic E-state index is 0.339. The van der Waals surface area contributed by atoms with Crippen LogP contribution in [0.3, 0.4) is 0 Å². The third-order valence-electron chi connectivity index (χ3n) is 5.86. The van der Waals surface area contributed by atoms with Gasteiger partial charge < -0.3 is 15.0 Å². The molecule has 0 saturated carbocycles. The zero-order valence-electron chi connectivity index (χ0n) is 18.7. The zero-order valence-corrected chi connectivity index (χ0v) is 19.4. The Bertz CT molecular complexity index is 1070. The Morgan fingerprint density at radius 3 is 2.35 bits per heavy atom. The van der Waals surface area contributed by atoms with E-state index in [1.165, 1.54) is 5.69 Å². The number of anilines is 2. The Morgan fingerprint density at radius 2 is 1.68 bits per heavy atom. The molecule has 1 atom stereocenters. The van der Waals surface area contributed by atoms with Crippen LogP contribution in [-0.2, 0) is 9.53 Å². The Labute approximate surface area is 204 Å². The van der Waals surface area contributed by atoms with E-state index in [1.54, 1.807) is 48.8 Å². The highest BCUT2D eigenvalue weighted by Crippen LogP contribution is 2.23. The molecule has 2 N–H and O–H groups in total. The van der Waals surface area contributed by atoms with E-state index < -0.39 is 12.2 Å². The van der Waals surface area contributed by atoms with Gasteiger partial charge in [0.15, 0.2) is 0 Å². The fourth-order valence-electron chi connectivity index (χ4n) is 3.98. The monoisotopic (exact) mass is 478 g/mol. The summed E-state index contributed by atoms with van der Waals surface area (Å²) in [6.45, 7) is 2.38. The van der Waals surface area contributed by atoms with E-state index in [1.807, 2.05) is 30.3 Å². The molecule has 3 aromatic rings. The Morgan fingerprint density at radius 1 is 1.00 bits per heavy atom. The molecule has 0 spiro atoms. The maximum Gasteiger partial charge on any atom is 0.412 e. The molecule has 4 rings (SSSR count). The molecule has 2 amide bonds. The van der Waals surface area contributed by atoms with Crippen LogP contribution in [0.4, 0.5) is 16.2 Å². The first-order valence-electron chi connectivity index (χ1n) is 11.3. The number of ether oxygens (including phenoxy) is 1. The number of halogens is 1. The van der Waals surface area contributed by atoms with Crippen molar-refractivity contribution in [2.75, 3.05) is 29.9 Å². The number of nitrogens with one attached hydrogen (secondary N) is 2. The average molecular weight is 479 g/mol. The number of piperidine rings is 1. The first-order chi connectivity index (χ1) is 16.6. The van der Waals surface area contributed by atoms with Crippen molar-refractivity contribution < 1.29 is 14.3 Å². The summed E-state index contributed by atoms with van der Waals surface area (Å²) in [4.78, 5) is 32.0. The van der Waals surface area contributed by atoms with E-state index in [9.17, 15) is 9.59 Å². The van der Waals surface area contributed by atoms with Crippen molar-refractivity contribution in [1.82, 2.24) is 10.3 Å². The molecule has 1 aliphatic rings. The predicted octanol–water partition coefficient (Wildman–Crippen LogP) is 5.06. The summed E-state index contributed by atoms with van der Waals surface area (Å²) in [5.74, 6) is 0.0235. The lowest BCUT2D eigenvalue weighted by Gasteiger charge is -2.33. The molecule has 0 bridgehead atoms. The largest absolute Gasteiger partial charge is 0.431 e. The van der Waals surface area contributed by atoms with Crippen LogP contribution in [0.5, 0.6) is 0 Å². The summed E-state index contributed by atoms with van der Waals surface area (Å²) in [7, 11) is 0. The minimum atomic E-state index is -1.05. The van der Waals surface area contributed by atoms with Crippen LogP contribution in [-0.4, -0.2) is 36.6 Å². The lowest BCUT2D eigenvalue weighted by Crippen LogP contribution is -2.40. The zero-order chi connectivity index (χ0) is 23.8. The minimum Gasteiger partial charge on any atom is -0.431 e. The molecule has 0 radical (unpaired) electrons.